The van der Waals surface area contributed by atoms with Crippen molar-refractivity contribution in [2.24, 2.45) is 0 Å². The molecular weight excluding hydrogens is 376 g/mol. The summed E-state index contributed by atoms with van der Waals surface area (Å²) >= 11 is 0. The number of methoxy groups -OCH3 is 1. The van der Waals surface area contributed by atoms with E-state index in [1.165, 1.54) is 0 Å². The summed E-state index contributed by atoms with van der Waals surface area (Å²) < 4.78 is 5.20. The number of nitrogens with one attached hydrogen (secondary N) is 1. The normalized spacial score (nSPS) is 12.7. The van der Waals surface area contributed by atoms with Crippen LogP contribution in [0, 0.1) is 0 Å². The van der Waals surface area contributed by atoms with E-state index in [9.17, 15) is 9.59 Å². The second-order valence-corrected chi connectivity index (χ2v) is 7.59. The van der Waals surface area contributed by atoms with Gasteiger partial charge in [-0.15, -0.1) is 0 Å². The lowest BCUT2D eigenvalue weighted by Crippen LogP contribution is -2.52. The molecule has 0 aliphatic carbocycles. The number of carbonyl (C=O) groups is 2. The molecular formula is C25H34N2O3. The van der Waals surface area contributed by atoms with Crippen LogP contribution in [0.2, 0.25) is 0 Å². The van der Waals surface area contributed by atoms with E-state index >= 15 is 0 Å². The maximum atomic E-state index is 13.3. The number of nitrogens with zero attached hydrogens (tertiary/aromatic N) is 1. The SMILES string of the molecule is CC[C@H](C(=O)N[C@@H](C)CC)N(CCc1ccccc1)C(=O)Cc1ccc(OC)cc1. The number of amides is 2. The van der Waals surface area contributed by atoms with Crippen LogP contribution in [0.15, 0.2) is 54.6 Å². The van der Waals surface area contributed by atoms with Crippen LogP contribution in [-0.2, 0) is 22.4 Å². The standard InChI is InChI=1S/C25H34N2O3/c1-5-19(3)26-25(29)23(6-2)27(17-16-20-10-8-7-9-11-20)24(28)18-21-12-14-22(30-4)15-13-21/h7-15,19,23H,5-6,16-18H2,1-4H3,(H,26,29)/t19-,23+/m0/s1. The maximum absolute atomic E-state index is 13.3. The fourth-order valence-electron chi connectivity index (χ4n) is 3.36. The highest BCUT2D eigenvalue weighted by Gasteiger charge is 2.28. The van der Waals surface area contributed by atoms with E-state index in [1.807, 2.05) is 75.4 Å². The predicted molar refractivity (Wildman–Crippen MR) is 121 cm³/mol. The minimum Gasteiger partial charge on any atom is -0.497 e. The first-order chi connectivity index (χ1) is 14.5. The number of ether oxygens (including phenoxy) is 1. The lowest BCUT2D eigenvalue weighted by atomic mass is 10.1. The van der Waals surface area contributed by atoms with Gasteiger partial charge in [0.15, 0.2) is 0 Å². The lowest BCUT2D eigenvalue weighted by Gasteiger charge is -2.31. The smallest absolute Gasteiger partial charge is 0.243 e. The van der Waals surface area contributed by atoms with Crippen LogP contribution in [0.4, 0.5) is 0 Å². The predicted octanol–water partition coefficient (Wildman–Crippen LogP) is 4.00. The van der Waals surface area contributed by atoms with Crippen LogP contribution in [0.5, 0.6) is 5.75 Å². The van der Waals surface area contributed by atoms with Gasteiger partial charge in [0.05, 0.1) is 13.5 Å². The van der Waals surface area contributed by atoms with Gasteiger partial charge in [-0.05, 0) is 49.4 Å². The van der Waals surface area contributed by atoms with Crippen LogP contribution in [0.3, 0.4) is 0 Å². The van der Waals surface area contributed by atoms with Crippen LogP contribution in [-0.4, -0.2) is 42.5 Å². The van der Waals surface area contributed by atoms with Gasteiger partial charge in [0.2, 0.25) is 11.8 Å². The number of hydrogen-bond donors (Lipinski definition) is 1. The van der Waals surface area contributed by atoms with E-state index in [4.69, 9.17) is 4.74 Å². The van der Waals surface area contributed by atoms with Crippen molar-refractivity contribution in [1.82, 2.24) is 10.2 Å². The molecule has 0 aliphatic heterocycles. The Balaban J connectivity index is 2.18. The second kappa shape index (κ2) is 12.0. The van der Waals surface area contributed by atoms with E-state index in [1.54, 1.807) is 12.0 Å². The van der Waals surface area contributed by atoms with E-state index in [-0.39, 0.29) is 24.3 Å². The van der Waals surface area contributed by atoms with Crippen LogP contribution < -0.4 is 10.1 Å². The molecule has 1 N–H and O–H groups in total. The summed E-state index contributed by atoms with van der Waals surface area (Å²) in [6.45, 7) is 6.48. The quantitative estimate of drug-likeness (QED) is 0.609. The Hall–Kier alpha value is -2.82. The minimum atomic E-state index is -0.478. The molecule has 2 aromatic carbocycles. The van der Waals surface area contributed by atoms with Crippen LogP contribution in [0.25, 0.3) is 0 Å². The van der Waals surface area contributed by atoms with Crippen molar-refractivity contribution >= 4 is 11.8 Å². The average molecular weight is 411 g/mol. The lowest BCUT2D eigenvalue weighted by molar-refractivity contribution is -0.140. The molecule has 2 amide bonds. The molecule has 0 aliphatic rings. The summed E-state index contributed by atoms with van der Waals surface area (Å²) in [5, 5.41) is 3.04. The zero-order chi connectivity index (χ0) is 21.9. The van der Waals surface area contributed by atoms with E-state index in [2.05, 4.69) is 5.32 Å². The fraction of sp³-hybridized carbons (Fsp3) is 0.440. The first-order valence-electron chi connectivity index (χ1n) is 10.7. The molecule has 162 valence electrons. The molecule has 0 radical (unpaired) electrons. The van der Waals surface area contributed by atoms with Crippen molar-refractivity contribution in [3.8, 4) is 5.75 Å². The molecule has 5 heteroatoms. The number of carbonyl (C=O) groups excluding carboxylic acids is 2. The van der Waals surface area contributed by atoms with Crippen LogP contribution in [0.1, 0.15) is 44.7 Å². The molecule has 0 heterocycles. The molecule has 0 saturated heterocycles. The summed E-state index contributed by atoms with van der Waals surface area (Å²) in [5.41, 5.74) is 2.06. The number of hydrogen-bond acceptors (Lipinski definition) is 3. The molecule has 0 unspecified atom stereocenters. The molecule has 0 bridgehead atoms. The summed E-state index contributed by atoms with van der Waals surface area (Å²) in [4.78, 5) is 27.9. The molecule has 0 fully saturated rings. The van der Waals surface area contributed by atoms with Crippen molar-refractivity contribution in [3.05, 3.63) is 65.7 Å². The topological polar surface area (TPSA) is 58.6 Å². The Bertz CT molecular complexity index is 790. The highest BCUT2D eigenvalue weighted by Crippen LogP contribution is 2.15. The number of benzene rings is 2. The first kappa shape index (κ1) is 23.5. The van der Waals surface area contributed by atoms with Gasteiger partial charge in [-0.3, -0.25) is 9.59 Å². The highest BCUT2D eigenvalue weighted by atomic mass is 16.5. The molecule has 0 aromatic heterocycles. The summed E-state index contributed by atoms with van der Waals surface area (Å²) in [7, 11) is 1.62. The highest BCUT2D eigenvalue weighted by molar-refractivity contribution is 5.88. The molecule has 0 spiro atoms. The third-order valence-corrected chi connectivity index (χ3v) is 5.39. The molecule has 2 aromatic rings. The van der Waals surface area contributed by atoms with Gasteiger partial charge >= 0.3 is 0 Å². The van der Waals surface area contributed by atoms with Crippen molar-refractivity contribution in [2.75, 3.05) is 13.7 Å². The summed E-state index contributed by atoms with van der Waals surface area (Å²) in [6, 6.07) is 17.2. The van der Waals surface area contributed by atoms with Gasteiger partial charge in [-0.1, -0.05) is 56.3 Å². The average Bonchev–Trinajstić information content (AvgIpc) is 2.77. The van der Waals surface area contributed by atoms with Gasteiger partial charge in [0.1, 0.15) is 11.8 Å². The van der Waals surface area contributed by atoms with Gasteiger partial charge in [-0.25, -0.2) is 0 Å². The van der Waals surface area contributed by atoms with E-state index < -0.39 is 6.04 Å². The van der Waals surface area contributed by atoms with Crippen LogP contribution >= 0.6 is 0 Å². The fourth-order valence-corrected chi connectivity index (χ4v) is 3.36. The van der Waals surface area contributed by atoms with Gasteiger partial charge in [0.25, 0.3) is 0 Å². The Morgan fingerprint density at radius 3 is 2.20 bits per heavy atom. The van der Waals surface area contributed by atoms with Crippen molar-refractivity contribution in [1.29, 1.82) is 0 Å². The number of rotatable bonds is 11. The molecule has 2 rings (SSSR count). The Morgan fingerprint density at radius 1 is 0.967 bits per heavy atom. The largest absolute Gasteiger partial charge is 0.497 e. The molecule has 2 atom stereocenters. The summed E-state index contributed by atoms with van der Waals surface area (Å²) in [5.74, 6) is 0.636. The van der Waals surface area contributed by atoms with Crippen molar-refractivity contribution < 1.29 is 14.3 Å². The van der Waals surface area contributed by atoms with Gasteiger partial charge in [0, 0.05) is 12.6 Å². The van der Waals surface area contributed by atoms with Gasteiger partial charge in [-0.2, -0.15) is 0 Å². The Kier molecular flexibility index (Phi) is 9.39. The monoisotopic (exact) mass is 410 g/mol. The molecule has 5 nitrogen and oxygen atoms in total. The first-order valence-corrected chi connectivity index (χ1v) is 10.7. The zero-order valence-electron chi connectivity index (χ0n) is 18.6. The van der Waals surface area contributed by atoms with Crippen molar-refractivity contribution in [3.63, 3.8) is 0 Å². The Morgan fingerprint density at radius 2 is 1.63 bits per heavy atom. The summed E-state index contributed by atoms with van der Waals surface area (Å²) in [6.07, 6.45) is 2.39. The Labute approximate surface area is 180 Å². The third-order valence-electron chi connectivity index (χ3n) is 5.39. The maximum Gasteiger partial charge on any atom is 0.243 e. The van der Waals surface area contributed by atoms with E-state index in [0.717, 1.165) is 23.3 Å². The van der Waals surface area contributed by atoms with E-state index in [0.29, 0.717) is 19.4 Å². The minimum absolute atomic E-state index is 0.0396. The second-order valence-electron chi connectivity index (χ2n) is 7.59. The van der Waals surface area contributed by atoms with Crippen molar-refractivity contribution in [2.45, 2.75) is 58.5 Å². The zero-order valence-corrected chi connectivity index (χ0v) is 18.6. The molecule has 30 heavy (non-hydrogen) atoms. The van der Waals surface area contributed by atoms with Gasteiger partial charge < -0.3 is 15.0 Å². The third kappa shape index (κ3) is 6.90. The molecule has 0 saturated carbocycles.